The van der Waals surface area contributed by atoms with E-state index in [9.17, 15) is 0 Å². The van der Waals surface area contributed by atoms with E-state index >= 15 is 0 Å². The van der Waals surface area contributed by atoms with Gasteiger partial charge < -0.3 is 5.32 Å². The van der Waals surface area contributed by atoms with Gasteiger partial charge in [0.25, 0.3) is 0 Å². The maximum Gasteiger partial charge on any atom is 0.0795 e. The molecule has 4 heteroatoms. The summed E-state index contributed by atoms with van der Waals surface area (Å²) in [4.78, 5) is 6.82. The number of aromatic nitrogens is 1. The number of hydrogen-bond donors (Lipinski definition) is 1. The molecule has 1 N–H and O–H groups in total. The summed E-state index contributed by atoms with van der Waals surface area (Å²) in [5, 5.41) is 5.67. The highest BCUT2D eigenvalue weighted by atomic mass is 32.1. The lowest BCUT2D eigenvalue weighted by Crippen LogP contribution is -2.39. The summed E-state index contributed by atoms with van der Waals surface area (Å²) in [5.74, 6) is 0. The highest BCUT2D eigenvalue weighted by Gasteiger charge is 2.29. The van der Waals surface area contributed by atoms with Gasteiger partial charge in [0.15, 0.2) is 0 Å². The average molecular weight is 239 g/mol. The monoisotopic (exact) mass is 239 g/mol. The van der Waals surface area contributed by atoms with E-state index < -0.39 is 0 Å². The number of rotatable bonds is 6. The maximum absolute atomic E-state index is 4.33. The third-order valence-corrected chi connectivity index (χ3v) is 4.04. The first-order valence-electron chi connectivity index (χ1n) is 6.02. The zero-order valence-corrected chi connectivity index (χ0v) is 11.1. The van der Waals surface area contributed by atoms with Gasteiger partial charge in [-0.05, 0) is 33.7 Å². The Bertz CT molecular complexity index is 308. The first-order valence-corrected chi connectivity index (χ1v) is 6.96. The second-order valence-electron chi connectivity index (χ2n) is 4.79. The van der Waals surface area contributed by atoms with Gasteiger partial charge in [-0.2, -0.15) is 0 Å². The topological polar surface area (TPSA) is 28.2 Å². The highest BCUT2D eigenvalue weighted by molar-refractivity contribution is 7.07. The van der Waals surface area contributed by atoms with Gasteiger partial charge in [0.2, 0.25) is 0 Å². The van der Waals surface area contributed by atoms with Crippen molar-refractivity contribution in [2.75, 3.05) is 13.6 Å². The molecule has 1 fully saturated rings. The molecule has 1 aromatic heterocycles. The molecule has 90 valence electrons. The zero-order valence-electron chi connectivity index (χ0n) is 10.3. The van der Waals surface area contributed by atoms with E-state index in [0.717, 1.165) is 18.3 Å². The molecule has 1 heterocycles. The molecule has 0 bridgehead atoms. The van der Waals surface area contributed by atoms with Gasteiger partial charge in [0.1, 0.15) is 0 Å². The van der Waals surface area contributed by atoms with Crippen LogP contribution < -0.4 is 5.32 Å². The van der Waals surface area contributed by atoms with Gasteiger partial charge in [-0.3, -0.25) is 4.90 Å². The molecule has 1 aliphatic carbocycles. The molecular weight excluding hydrogens is 218 g/mol. The van der Waals surface area contributed by atoms with E-state index in [1.165, 1.54) is 12.8 Å². The number of likely N-dealkylation sites (N-methyl/N-ethyl adjacent to an activating group) is 1. The van der Waals surface area contributed by atoms with E-state index in [4.69, 9.17) is 0 Å². The molecule has 1 aromatic rings. The Balaban J connectivity index is 1.74. The van der Waals surface area contributed by atoms with Crippen LogP contribution in [0.5, 0.6) is 0 Å². The summed E-state index contributed by atoms with van der Waals surface area (Å²) in [7, 11) is 2.23. The van der Waals surface area contributed by atoms with Crippen LogP contribution in [0.3, 0.4) is 0 Å². The maximum atomic E-state index is 4.33. The first kappa shape index (κ1) is 12.0. The van der Waals surface area contributed by atoms with Crippen molar-refractivity contribution in [3.05, 3.63) is 16.6 Å². The zero-order chi connectivity index (χ0) is 11.5. The first-order chi connectivity index (χ1) is 7.68. The molecule has 0 aromatic carbocycles. The molecule has 0 radical (unpaired) electrons. The van der Waals surface area contributed by atoms with Crippen molar-refractivity contribution in [3.63, 3.8) is 0 Å². The van der Waals surface area contributed by atoms with Crippen LogP contribution in [0.15, 0.2) is 10.9 Å². The fourth-order valence-electron chi connectivity index (χ4n) is 1.87. The van der Waals surface area contributed by atoms with Crippen molar-refractivity contribution in [2.45, 2.75) is 44.8 Å². The third kappa shape index (κ3) is 3.03. The van der Waals surface area contributed by atoms with Crippen molar-refractivity contribution < 1.29 is 0 Å². The molecule has 2 atom stereocenters. The van der Waals surface area contributed by atoms with Gasteiger partial charge in [0.05, 0.1) is 11.2 Å². The summed E-state index contributed by atoms with van der Waals surface area (Å²) in [5.41, 5.74) is 3.05. The number of thiazole rings is 1. The second kappa shape index (κ2) is 5.25. The summed E-state index contributed by atoms with van der Waals surface area (Å²) in [6.07, 6.45) is 2.75. The Hall–Kier alpha value is -0.450. The van der Waals surface area contributed by atoms with Crippen LogP contribution in [-0.4, -0.2) is 35.6 Å². The van der Waals surface area contributed by atoms with Crippen LogP contribution in [-0.2, 0) is 0 Å². The minimum Gasteiger partial charge on any atom is -0.307 e. The van der Waals surface area contributed by atoms with Crippen molar-refractivity contribution in [1.82, 2.24) is 15.2 Å². The average Bonchev–Trinajstić information content (AvgIpc) is 2.99. The van der Waals surface area contributed by atoms with Crippen molar-refractivity contribution in [3.8, 4) is 0 Å². The van der Waals surface area contributed by atoms with Crippen molar-refractivity contribution in [2.24, 2.45) is 0 Å². The van der Waals surface area contributed by atoms with Crippen LogP contribution in [0.25, 0.3) is 0 Å². The van der Waals surface area contributed by atoms with E-state index in [0.29, 0.717) is 12.1 Å². The van der Waals surface area contributed by atoms with Gasteiger partial charge in [-0.1, -0.05) is 0 Å². The molecule has 16 heavy (non-hydrogen) atoms. The van der Waals surface area contributed by atoms with Crippen LogP contribution in [0.4, 0.5) is 0 Å². The lowest BCUT2D eigenvalue weighted by molar-refractivity contribution is 0.236. The number of nitrogens with one attached hydrogen (secondary N) is 1. The van der Waals surface area contributed by atoms with Gasteiger partial charge in [-0.15, -0.1) is 11.3 Å². The van der Waals surface area contributed by atoms with Crippen LogP contribution in [0.2, 0.25) is 0 Å². The van der Waals surface area contributed by atoms with E-state index in [1.807, 2.05) is 5.51 Å². The van der Waals surface area contributed by atoms with Gasteiger partial charge >= 0.3 is 0 Å². The molecule has 0 spiro atoms. The van der Waals surface area contributed by atoms with Crippen molar-refractivity contribution >= 4 is 11.3 Å². The summed E-state index contributed by atoms with van der Waals surface area (Å²) >= 11 is 1.66. The largest absolute Gasteiger partial charge is 0.307 e. The minimum absolute atomic E-state index is 0.362. The Morgan fingerprint density at radius 1 is 1.56 bits per heavy atom. The SMILES string of the molecule is CC(NCC(C)N(C)C1CC1)c1cscn1. The molecule has 2 unspecified atom stereocenters. The Labute approximate surface area is 102 Å². The number of hydrogen-bond acceptors (Lipinski definition) is 4. The van der Waals surface area contributed by atoms with Gasteiger partial charge in [0, 0.05) is 30.1 Å². The van der Waals surface area contributed by atoms with Crippen LogP contribution in [0.1, 0.15) is 38.4 Å². The Morgan fingerprint density at radius 3 is 2.88 bits per heavy atom. The third-order valence-electron chi connectivity index (χ3n) is 3.43. The van der Waals surface area contributed by atoms with Crippen LogP contribution in [0, 0.1) is 0 Å². The summed E-state index contributed by atoms with van der Waals surface area (Å²) in [6, 6.07) is 1.81. The van der Waals surface area contributed by atoms with E-state index in [2.05, 4.69) is 41.5 Å². The standard InChI is InChI=1S/C12H21N3S/c1-9(15(3)11-4-5-11)6-13-10(2)12-7-16-8-14-12/h7-11,13H,4-6H2,1-3H3. The molecule has 1 saturated carbocycles. The lowest BCUT2D eigenvalue weighted by Gasteiger charge is -2.26. The molecule has 2 rings (SSSR count). The molecule has 0 aliphatic heterocycles. The Morgan fingerprint density at radius 2 is 2.31 bits per heavy atom. The predicted octanol–water partition coefficient (Wildman–Crippen LogP) is 2.28. The quantitative estimate of drug-likeness (QED) is 0.825. The van der Waals surface area contributed by atoms with Crippen molar-refractivity contribution in [1.29, 1.82) is 0 Å². The highest BCUT2D eigenvalue weighted by Crippen LogP contribution is 2.26. The molecule has 3 nitrogen and oxygen atoms in total. The second-order valence-corrected chi connectivity index (χ2v) is 5.51. The number of nitrogens with zero attached hydrogens (tertiary/aromatic N) is 2. The summed E-state index contributed by atoms with van der Waals surface area (Å²) in [6.45, 7) is 5.50. The fourth-order valence-corrected chi connectivity index (χ4v) is 2.52. The fraction of sp³-hybridized carbons (Fsp3) is 0.750. The lowest BCUT2D eigenvalue weighted by atomic mass is 10.2. The molecule has 0 amide bonds. The molecule has 1 aliphatic rings. The summed E-state index contributed by atoms with van der Waals surface area (Å²) < 4.78 is 0. The minimum atomic E-state index is 0.362. The van der Waals surface area contributed by atoms with E-state index in [-0.39, 0.29) is 0 Å². The normalized spacial score (nSPS) is 20.0. The molecular formula is C12H21N3S. The van der Waals surface area contributed by atoms with E-state index in [1.54, 1.807) is 11.3 Å². The van der Waals surface area contributed by atoms with Gasteiger partial charge in [-0.25, -0.2) is 4.98 Å². The smallest absolute Gasteiger partial charge is 0.0795 e. The molecule has 0 saturated heterocycles. The Kier molecular flexibility index (Phi) is 3.95. The van der Waals surface area contributed by atoms with Crippen LogP contribution >= 0.6 is 11.3 Å². The predicted molar refractivity (Wildman–Crippen MR) is 68.8 cm³/mol.